The average Bonchev–Trinajstić information content (AvgIpc) is 2.82. The second-order valence-electron chi connectivity index (χ2n) is 5.70. The van der Waals surface area contributed by atoms with E-state index in [-0.39, 0.29) is 30.1 Å². The summed E-state index contributed by atoms with van der Waals surface area (Å²) in [6.45, 7) is 8.23. The normalized spacial score (nSPS) is 16.2. The van der Waals surface area contributed by atoms with E-state index in [2.05, 4.69) is 36.3 Å². The molecule has 0 saturated heterocycles. The van der Waals surface area contributed by atoms with E-state index >= 15 is 0 Å². The van der Waals surface area contributed by atoms with Crippen molar-refractivity contribution in [2.24, 2.45) is 4.99 Å². The lowest BCUT2D eigenvalue weighted by atomic mass is 10.1. The Morgan fingerprint density at radius 3 is 2.74 bits per heavy atom. The lowest BCUT2D eigenvalue weighted by Gasteiger charge is -2.17. The minimum Gasteiger partial charge on any atom is -0.494 e. The van der Waals surface area contributed by atoms with Gasteiger partial charge in [-0.2, -0.15) is 0 Å². The predicted octanol–water partition coefficient (Wildman–Crippen LogP) is 3.05. The highest BCUT2D eigenvalue weighted by Crippen LogP contribution is 2.35. The Morgan fingerprint density at radius 1 is 1.39 bits per heavy atom. The summed E-state index contributed by atoms with van der Waals surface area (Å²) < 4.78 is 11.6. The third-order valence-electron chi connectivity index (χ3n) is 3.54. The van der Waals surface area contributed by atoms with Crippen molar-refractivity contribution in [2.75, 3.05) is 27.2 Å². The van der Waals surface area contributed by atoms with Crippen LogP contribution in [0.3, 0.4) is 0 Å². The first-order valence-corrected chi connectivity index (χ1v) is 7.96. The zero-order chi connectivity index (χ0) is 16.1. The molecule has 0 aromatic heterocycles. The standard InChI is InChI=1S/C17H27N3O2.HI/c1-6-18-17(20(4)5)19-11-14-10-16-13(8-12(3)22-16)9-15(14)21-7-2;/h9-10,12H,6-8,11H2,1-5H3,(H,18,19);1H. The number of guanidine groups is 1. The Bertz CT molecular complexity index is 547. The van der Waals surface area contributed by atoms with Gasteiger partial charge in [0.1, 0.15) is 17.6 Å². The van der Waals surface area contributed by atoms with Gasteiger partial charge in [-0.1, -0.05) is 0 Å². The summed E-state index contributed by atoms with van der Waals surface area (Å²) in [4.78, 5) is 6.65. The monoisotopic (exact) mass is 433 g/mol. The zero-order valence-electron chi connectivity index (χ0n) is 14.7. The van der Waals surface area contributed by atoms with Gasteiger partial charge in [0, 0.05) is 38.2 Å². The van der Waals surface area contributed by atoms with Crippen molar-refractivity contribution < 1.29 is 9.47 Å². The first-order chi connectivity index (χ1) is 10.5. The van der Waals surface area contributed by atoms with Crippen LogP contribution < -0.4 is 14.8 Å². The smallest absolute Gasteiger partial charge is 0.193 e. The summed E-state index contributed by atoms with van der Waals surface area (Å²) >= 11 is 0. The molecule has 0 radical (unpaired) electrons. The fourth-order valence-electron chi connectivity index (χ4n) is 2.57. The number of hydrogen-bond donors (Lipinski definition) is 1. The quantitative estimate of drug-likeness (QED) is 0.441. The minimum atomic E-state index is 0. The molecule has 1 atom stereocenters. The van der Waals surface area contributed by atoms with Gasteiger partial charge >= 0.3 is 0 Å². The zero-order valence-corrected chi connectivity index (χ0v) is 17.0. The molecule has 0 amide bonds. The summed E-state index contributed by atoms with van der Waals surface area (Å²) in [6, 6.07) is 4.18. The van der Waals surface area contributed by atoms with Gasteiger partial charge in [0.2, 0.25) is 0 Å². The van der Waals surface area contributed by atoms with Crippen LogP contribution in [-0.2, 0) is 13.0 Å². The Hall–Kier alpha value is -1.18. The Labute approximate surface area is 156 Å². The molecular formula is C17H28IN3O2. The van der Waals surface area contributed by atoms with Crippen LogP contribution in [0.1, 0.15) is 31.9 Å². The first-order valence-electron chi connectivity index (χ1n) is 7.96. The van der Waals surface area contributed by atoms with E-state index in [1.165, 1.54) is 5.56 Å². The van der Waals surface area contributed by atoms with Crippen molar-refractivity contribution >= 4 is 29.9 Å². The topological polar surface area (TPSA) is 46.1 Å². The summed E-state index contributed by atoms with van der Waals surface area (Å²) in [6.07, 6.45) is 1.18. The number of hydrogen-bond acceptors (Lipinski definition) is 3. The molecule has 5 nitrogen and oxygen atoms in total. The molecule has 1 aromatic rings. The van der Waals surface area contributed by atoms with Crippen LogP contribution in [0.4, 0.5) is 0 Å². The number of fused-ring (bicyclic) bond motifs is 1. The second kappa shape index (κ2) is 9.20. The molecule has 1 heterocycles. The van der Waals surface area contributed by atoms with Crippen molar-refractivity contribution in [3.8, 4) is 11.5 Å². The maximum Gasteiger partial charge on any atom is 0.193 e. The predicted molar refractivity (Wildman–Crippen MR) is 105 cm³/mol. The van der Waals surface area contributed by atoms with Gasteiger partial charge in [0.25, 0.3) is 0 Å². The molecule has 1 aliphatic rings. The second-order valence-corrected chi connectivity index (χ2v) is 5.70. The molecular weight excluding hydrogens is 405 g/mol. The molecule has 1 N–H and O–H groups in total. The summed E-state index contributed by atoms with van der Waals surface area (Å²) in [7, 11) is 3.97. The number of aliphatic imine (C=N–C) groups is 1. The maximum atomic E-state index is 5.85. The highest BCUT2D eigenvalue weighted by Gasteiger charge is 2.21. The maximum absolute atomic E-state index is 5.85. The molecule has 130 valence electrons. The molecule has 1 aromatic carbocycles. The first kappa shape index (κ1) is 19.9. The molecule has 2 rings (SSSR count). The number of rotatable bonds is 5. The Morgan fingerprint density at radius 2 is 2.13 bits per heavy atom. The van der Waals surface area contributed by atoms with Gasteiger partial charge < -0.3 is 19.7 Å². The Balaban J connectivity index is 0.00000264. The molecule has 1 aliphatic heterocycles. The average molecular weight is 433 g/mol. The third kappa shape index (κ3) is 5.16. The number of benzene rings is 1. The van der Waals surface area contributed by atoms with Crippen LogP contribution in [0.2, 0.25) is 0 Å². The Kier molecular flexibility index (Phi) is 7.94. The van der Waals surface area contributed by atoms with Gasteiger partial charge in [-0.3, -0.25) is 0 Å². The van der Waals surface area contributed by atoms with Crippen molar-refractivity contribution in [3.05, 3.63) is 23.3 Å². The van der Waals surface area contributed by atoms with E-state index in [9.17, 15) is 0 Å². The number of nitrogens with zero attached hydrogens (tertiary/aromatic N) is 2. The van der Waals surface area contributed by atoms with E-state index in [1.807, 2.05) is 25.9 Å². The number of ether oxygens (including phenoxy) is 2. The minimum absolute atomic E-state index is 0. The highest BCUT2D eigenvalue weighted by molar-refractivity contribution is 14.0. The third-order valence-corrected chi connectivity index (χ3v) is 3.54. The number of nitrogens with one attached hydrogen (secondary N) is 1. The molecule has 0 fully saturated rings. The van der Waals surface area contributed by atoms with E-state index in [0.717, 1.165) is 36.0 Å². The lowest BCUT2D eigenvalue weighted by molar-refractivity contribution is 0.254. The van der Waals surface area contributed by atoms with Crippen LogP contribution in [0.5, 0.6) is 11.5 Å². The van der Waals surface area contributed by atoms with E-state index in [1.54, 1.807) is 0 Å². The van der Waals surface area contributed by atoms with E-state index in [0.29, 0.717) is 13.2 Å². The van der Waals surface area contributed by atoms with Crippen molar-refractivity contribution in [2.45, 2.75) is 39.8 Å². The molecule has 23 heavy (non-hydrogen) atoms. The van der Waals surface area contributed by atoms with Gasteiger partial charge in [-0.25, -0.2) is 4.99 Å². The SMILES string of the molecule is CCNC(=NCc1cc2c(cc1OCC)CC(C)O2)N(C)C.I. The summed E-state index contributed by atoms with van der Waals surface area (Å²) in [5.41, 5.74) is 2.29. The van der Waals surface area contributed by atoms with Crippen molar-refractivity contribution in [1.82, 2.24) is 10.2 Å². The summed E-state index contributed by atoms with van der Waals surface area (Å²) in [5.74, 6) is 2.76. The van der Waals surface area contributed by atoms with Crippen LogP contribution >= 0.6 is 24.0 Å². The van der Waals surface area contributed by atoms with E-state index < -0.39 is 0 Å². The molecule has 1 unspecified atom stereocenters. The van der Waals surface area contributed by atoms with Crippen LogP contribution in [0.15, 0.2) is 17.1 Å². The van der Waals surface area contributed by atoms with E-state index in [4.69, 9.17) is 9.47 Å². The van der Waals surface area contributed by atoms with Crippen LogP contribution in [-0.4, -0.2) is 44.2 Å². The molecule has 0 saturated carbocycles. The molecule has 6 heteroatoms. The van der Waals surface area contributed by atoms with Crippen molar-refractivity contribution in [3.63, 3.8) is 0 Å². The largest absolute Gasteiger partial charge is 0.494 e. The fourth-order valence-corrected chi connectivity index (χ4v) is 2.57. The van der Waals surface area contributed by atoms with Gasteiger partial charge in [-0.15, -0.1) is 24.0 Å². The number of halogens is 1. The molecule has 0 aliphatic carbocycles. The van der Waals surface area contributed by atoms with Crippen LogP contribution in [0, 0.1) is 0 Å². The molecule has 0 bridgehead atoms. The van der Waals surface area contributed by atoms with Gasteiger partial charge in [-0.05, 0) is 32.9 Å². The van der Waals surface area contributed by atoms with Gasteiger partial charge in [0.15, 0.2) is 5.96 Å². The van der Waals surface area contributed by atoms with Crippen LogP contribution in [0.25, 0.3) is 0 Å². The molecule has 0 spiro atoms. The lowest BCUT2D eigenvalue weighted by Crippen LogP contribution is -2.36. The fraction of sp³-hybridized carbons (Fsp3) is 0.588. The summed E-state index contributed by atoms with van der Waals surface area (Å²) in [5, 5.41) is 3.27. The highest BCUT2D eigenvalue weighted by atomic mass is 127. The van der Waals surface area contributed by atoms with Crippen molar-refractivity contribution in [1.29, 1.82) is 0 Å². The van der Waals surface area contributed by atoms with Gasteiger partial charge in [0.05, 0.1) is 13.2 Å².